The standard InChI is InChI=1S/C8H6ClFO3S/c1-5(11)6-2-7(10)4-8(3-6)14(9,12)13/h2-4H,1H3. The van der Waals surface area contributed by atoms with E-state index >= 15 is 0 Å². The Hall–Kier alpha value is -0.940. The van der Waals surface area contributed by atoms with Crippen molar-refractivity contribution in [2.75, 3.05) is 0 Å². The molecule has 0 N–H and O–H groups in total. The second-order valence-corrected chi connectivity index (χ2v) is 5.24. The number of hydrogen-bond acceptors (Lipinski definition) is 3. The number of Topliss-reactive ketones (excluding diaryl/α,β-unsaturated/α-hetero) is 1. The van der Waals surface area contributed by atoms with Gasteiger partial charge in [0.05, 0.1) is 4.90 Å². The number of carbonyl (C=O) groups excluding carboxylic acids is 1. The monoisotopic (exact) mass is 236 g/mol. The molecule has 1 aromatic carbocycles. The Kier molecular flexibility index (Phi) is 2.92. The molecule has 0 aliphatic carbocycles. The summed E-state index contributed by atoms with van der Waals surface area (Å²) in [5.74, 6) is -1.23. The van der Waals surface area contributed by atoms with Crippen molar-refractivity contribution < 1.29 is 17.6 Å². The molecule has 0 amide bonds. The summed E-state index contributed by atoms with van der Waals surface area (Å²) in [5, 5.41) is 0. The minimum atomic E-state index is -4.00. The van der Waals surface area contributed by atoms with Crippen molar-refractivity contribution in [1.82, 2.24) is 0 Å². The van der Waals surface area contributed by atoms with Crippen LogP contribution in [0, 0.1) is 5.82 Å². The number of halogens is 2. The molecule has 76 valence electrons. The average molecular weight is 237 g/mol. The van der Waals surface area contributed by atoms with Gasteiger partial charge in [-0.3, -0.25) is 4.79 Å². The zero-order valence-electron chi connectivity index (χ0n) is 7.12. The minimum absolute atomic E-state index is 0.0239. The molecule has 0 saturated heterocycles. The van der Waals surface area contributed by atoms with Gasteiger partial charge in [-0.1, -0.05) is 0 Å². The van der Waals surface area contributed by atoms with Crippen LogP contribution in [0.5, 0.6) is 0 Å². The molecule has 0 saturated carbocycles. The van der Waals surface area contributed by atoms with Gasteiger partial charge in [0.1, 0.15) is 5.82 Å². The van der Waals surface area contributed by atoms with Crippen LogP contribution < -0.4 is 0 Å². The van der Waals surface area contributed by atoms with E-state index in [1.165, 1.54) is 6.92 Å². The van der Waals surface area contributed by atoms with Crippen molar-refractivity contribution in [3.8, 4) is 0 Å². The number of carbonyl (C=O) groups is 1. The van der Waals surface area contributed by atoms with E-state index in [9.17, 15) is 17.6 Å². The lowest BCUT2D eigenvalue weighted by molar-refractivity contribution is 0.101. The fourth-order valence-corrected chi connectivity index (χ4v) is 1.70. The zero-order valence-corrected chi connectivity index (χ0v) is 8.69. The molecule has 0 radical (unpaired) electrons. The quantitative estimate of drug-likeness (QED) is 0.583. The summed E-state index contributed by atoms with van der Waals surface area (Å²) in [6, 6.07) is 2.75. The SMILES string of the molecule is CC(=O)c1cc(F)cc(S(=O)(=O)Cl)c1. The van der Waals surface area contributed by atoms with E-state index in [2.05, 4.69) is 0 Å². The second kappa shape index (κ2) is 3.67. The number of rotatable bonds is 2. The first kappa shape index (κ1) is 11.1. The lowest BCUT2D eigenvalue weighted by atomic mass is 10.1. The Balaban J connectivity index is 3.43. The van der Waals surface area contributed by atoms with Crippen LogP contribution in [0.1, 0.15) is 17.3 Å². The maximum Gasteiger partial charge on any atom is 0.261 e. The van der Waals surface area contributed by atoms with Gasteiger partial charge < -0.3 is 0 Å². The first-order valence-corrected chi connectivity index (χ1v) is 5.88. The molecule has 0 aliphatic heterocycles. The highest BCUT2D eigenvalue weighted by Crippen LogP contribution is 2.18. The van der Waals surface area contributed by atoms with Crippen molar-refractivity contribution in [3.05, 3.63) is 29.6 Å². The normalized spacial score (nSPS) is 11.4. The predicted molar refractivity (Wildman–Crippen MR) is 49.4 cm³/mol. The summed E-state index contributed by atoms with van der Waals surface area (Å²) >= 11 is 0. The van der Waals surface area contributed by atoms with E-state index in [0.29, 0.717) is 0 Å². The van der Waals surface area contributed by atoms with Gasteiger partial charge in [-0.25, -0.2) is 12.8 Å². The fraction of sp³-hybridized carbons (Fsp3) is 0.125. The summed E-state index contributed by atoms with van der Waals surface area (Å²) in [7, 11) is 1.00. The van der Waals surface area contributed by atoms with Crippen LogP contribution >= 0.6 is 10.7 Å². The Labute approximate surface area is 84.9 Å². The topological polar surface area (TPSA) is 51.2 Å². The molecule has 1 rings (SSSR count). The summed E-state index contributed by atoms with van der Waals surface area (Å²) in [6.07, 6.45) is 0. The van der Waals surface area contributed by atoms with Crippen molar-refractivity contribution in [1.29, 1.82) is 0 Å². The molecule has 0 spiro atoms. The molecule has 0 aromatic heterocycles. The Morgan fingerprint density at radius 1 is 1.36 bits per heavy atom. The lowest BCUT2D eigenvalue weighted by Gasteiger charge is -2.00. The first-order chi connectivity index (χ1) is 6.30. The lowest BCUT2D eigenvalue weighted by Crippen LogP contribution is -1.98. The van der Waals surface area contributed by atoms with E-state index in [-0.39, 0.29) is 5.56 Å². The van der Waals surface area contributed by atoms with Gasteiger partial charge in [-0.15, -0.1) is 0 Å². The molecule has 0 unspecified atom stereocenters. The second-order valence-electron chi connectivity index (χ2n) is 2.67. The third-order valence-electron chi connectivity index (χ3n) is 1.56. The van der Waals surface area contributed by atoms with Crippen LogP contribution in [0.3, 0.4) is 0 Å². The van der Waals surface area contributed by atoms with Gasteiger partial charge in [0, 0.05) is 16.2 Å². The third-order valence-corrected chi connectivity index (χ3v) is 2.89. The van der Waals surface area contributed by atoms with E-state index in [1.54, 1.807) is 0 Å². The number of benzene rings is 1. The molecule has 1 aromatic rings. The predicted octanol–water partition coefficient (Wildman–Crippen LogP) is 1.96. The summed E-state index contributed by atoms with van der Waals surface area (Å²) in [5.41, 5.74) is -0.0239. The van der Waals surface area contributed by atoms with Crippen molar-refractivity contribution >= 4 is 25.5 Å². The minimum Gasteiger partial charge on any atom is -0.295 e. The summed E-state index contributed by atoms with van der Waals surface area (Å²) in [4.78, 5) is 10.5. The van der Waals surface area contributed by atoms with Crippen LogP contribution in [0.2, 0.25) is 0 Å². The first-order valence-electron chi connectivity index (χ1n) is 3.57. The average Bonchev–Trinajstić information content (AvgIpc) is 2.01. The van der Waals surface area contributed by atoms with Gasteiger partial charge in [0.15, 0.2) is 5.78 Å². The third kappa shape index (κ3) is 2.52. The summed E-state index contributed by atoms with van der Waals surface area (Å²) in [6.45, 7) is 1.21. The molecule has 3 nitrogen and oxygen atoms in total. The fourth-order valence-electron chi connectivity index (χ4n) is 0.907. The van der Waals surface area contributed by atoms with Crippen LogP contribution in [0.15, 0.2) is 23.1 Å². The Bertz CT molecular complexity index is 481. The molecule has 14 heavy (non-hydrogen) atoms. The molecule has 0 bridgehead atoms. The molecule has 0 aliphatic rings. The van der Waals surface area contributed by atoms with Crippen LogP contribution in [-0.4, -0.2) is 14.2 Å². The highest BCUT2D eigenvalue weighted by Gasteiger charge is 2.14. The zero-order chi connectivity index (χ0) is 10.9. The molecule has 0 heterocycles. The number of ketones is 1. The van der Waals surface area contributed by atoms with Crippen LogP contribution in [0.4, 0.5) is 4.39 Å². The Morgan fingerprint density at radius 3 is 2.36 bits per heavy atom. The maximum atomic E-state index is 12.8. The molecule has 6 heteroatoms. The molecule has 0 atom stereocenters. The van der Waals surface area contributed by atoms with Crippen molar-refractivity contribution in [2.24, 2.45) is 0 Å². The van der Waals surface area contributed by atoms with Gasteiger partial charge in [0.25, 0.3) is 9.05 Å². The smallest absolute Gasteiger partial charge is 0.261 e. The van der Waals surface area contributed by atoms with E-state index in [0.717, 1.165) is 18.2 Å². The summed E-state index contributed by atoms with van der Waals surface area (Å²) < 4.78 is 34.5. The number of hydrogen-bond donors (Lipinski definition) is 0. The van der Waals surface area contributed by atoms with E-state index < -0.39 is 25.5 Å². The van der Waals surface area contributed by atoms with Gasteiger partial charge in [-0.2, -0.15) is 0 Å². The van der Waals surface area contributed by atoms with E-state index in [1.807, 2.05) is 0 Å². The van der Waals surface area contributed by atoms with Crippen molar-refractivity contribution in [3.63, 3.8) is 0 Å². The van der Waals surface area contributed by atoms with Gasteiger partial charge >= 0.3 is 0 Å². The van der Waals surface area contributed by atoms with E-state index in [4.69, 9.17) is 10.7 Å². The Morgan fingerprint density at radius 2 is 1.93 bits per heavy atom. The maximum absolute atomic E-state index is 12.8. The highest BCUT2D eigenvalue weighted by molar-refractivity contribution is 8.13. The van der Waals surface area contributed by atoms with Gasteiger partial charge in [-0.05, 0) is 25.1 Å². The van der Waals surface area contributed by atoms with Crippen LogP contribution in [-0.2, 0) is 9.05 Å². The molecule has 0 fully saturated rings. The van der Waals surface area contributed by atoms with Crippen LogP contribution in [0.25, 0.3) is 0 Å². The molecular weight excluding hydrogens is 231 g/mol. The molecular formula is C8H6ClFO3S. The highest BCUT2D eigenvalue weighted by atomic mass is 35.7. The largest absolute Gasteiger partial charge is 0.295 e. The van der Waals surface area contributed by atoms with Crippen molar-refractivity contribution in [2.45, 2.75) is 11.8 Å². The van der Waals surface area contributed by atoms with Gasteiger partial charge in [0.2, 0.25) is 0 Å².